The fourth-order valence-corrected chi connectivity index (χ4v) is 2.65. The average Bonchev–Trinajstić information content (AvgIpc) is 2.41. The van der Waals surface area contributed by atoms with Gasteiger partial charge >= 0.3 is 0 Å². The SMILES string of the molecule is CCCCN(C)C(=O)CN(c1ccccc1F)S(C)(=O)=O. The molecule has 1 aromatic carbocycles. The van der Waals surface area contributed by atoms with E-state index in [4.69, 9.17) is 0 Å². The number of nitrogens with zero attached hydrogens (tertiary/aromatic N) is 2. The number of para-hydroxylation sites is 1. The molecule has 1 rings (SSSR count). The van der Waals surface area contributed by atoms with Crippen LogP contribution in [0, 0.1) is 5.82 Å². The molecule has 0 aliphatic heterocycles. The largest absolute Gasteiger partial charge is 0.344 e. The van der Waals surface area contributed by atoms with Gasteiger partial charge in [0.25, 0.3) is 0 Å². The van der Waals surface area contributed by atoms with Gasteiger partial charge in [-0.15, -0.1) is 0 Å². The van der Waals surface area contributed by atoms with Crippen molar-refractivity contribution in [3.8, 4) is 0 Å². The van der Waals surface area contributed by atoms with Crippen LogP contribution in [-0.2, 0) is 14.8 Å². The maximum absolute atomic E-state index is 13.8. The van der Waals surface area contributed by atoms with Crippen molar-refractivity contribution in [2.75, 3.05) is 30.7 Å². The summed E-state index contributed by atoms with van der Waals surface area (Å²) in [6, 6.07) is 5.50. The molecule has 1 aromatic rings. The summed E-state index contributed by atoms with van der Waals surface area (Å²) in [6.07, 6.45) is 2.72. The number of unbranched alkanes of at least 4 members (excludes halogenated alkanes) is 1. The summed E-state index contributed by atoms with van der Waals surface area (Å²) in [5.74, 6) is -1.04. The van der Waals surface area contributed by atoms with Crippen molar-refractivity contribution in [1.29, 1.82) is 0 Å². The van der Waals surface area contributed by atoms with Gasteiger partial charge in [0, 0.05) is 13.6 Å². The van der Waals surface area contributed by atoms with Gasteiger partial charge in [-0.1, -0.05) is 25.5 Å². The third-order valence-electron chi connectivity index (χ3n) is 3.07. The Morgan fingerprint density at radius 3 is 2.43 bits per heavy atom. The minimum absolute atomic E-state index is 0.114. The van der Waals surface area contributed by atoms with Crippen LogP contribution in [0.25, 0.3) is 0 Å². The van der Waals surface area contributed by atoms with Crippen molar-refractivity contribution in [3.05, 3.63) is 30.1 Å². The van der Waals surface area contributed by atoms with E-state index in [9.17, 15) is 17.6 Å². The zero-order valence-corrected chi connectivity index (χ0v) is 13.4. The van der Waals surface area contributed by atoms with Gasteiger partial charge in [-0.25, -0.2) is 12.8 Å². The fraction of sp³-hybridized carbons (Fsp3) is 0.500. The molecular weight excluding hydrogens is 295 g/mol. The molecule has 0 fully saturated rings. The second-order valence-electron chi connectivity index (χ2n) is 4.89. The number of carbonyl (C=O) groups excluding carboxylic acids is 1. The lowest BCUT2D eigenvalue weighted by Crippen LogP contribution is -2.41. The number of hydrogen-bond donors (Lipinski definition) is 0. The number of sulfonamides is 1. The van der Waals surface area contributed by atoms with E-state index in [1.807, 2.05) is 6.92 Å². The molecule has 0 saturated carbocycles. The van der Waals surface area contributed by atoms with Crippen LogP contribution in [0.4, 0.5) is 10.1 Å². The predicted molar refractivity (Wildman–Crippen MR) is 81.1 cm³/mol. The van der Waals surface area contributed by atoms with Crippen molar-refractivity contribution in [1.82, 2.24) is 4.90 Å². The Morgan fingerprint density at radius 1 is 1.29 bits per heavy atom. The topological polar surface area (TPSA) is 57.7 Å². The second-order valence-corrected chi connectivity index (χ2v) is 6.80. The van der Waals surface area contributed by atoms with E-state index >= 15 is 0 Å². The summed E-state index contributed by atoms with van der Waals surface area (Å²) in [5, 5.41) is 0. The lowest BCUT2D eigenvalue weighted by molar-refractivity contribution is -0.128. The van der Waals surface area contributed by atoms with Crippen LogP contribution in [0.3, 0.4) is 0 Å². The monoisotopic (exact) mass is 316 g/mol. The highest BCUT2D eigenvalue weighted by molar-refractivity contribution is 7.92. The van der Waals surface area contributed by atoms with Crippen molar-refractivity contribution >= 4 is 21.6 Å². The zero-order valence-electron chi connectivity index (χ0n) is 12.5. The van der Waals surface area contributed by atoms with Crippen LogP contribution in [0.1, 0.15) is 19.8 Å². The smallest absolute Gasteiger partial charge is 0.243 e. The molecule has 0 bridgehead atoms. The Bertz CT molecular complexity index is 590. The first-order valence-corrected chi connectivity index (χ1v) is 8.58. The molecule has 21 heavy (non-hydrogen) atoms. The number of anilines is 1. The summed E-state index contributed by atoms with van der Waals surface area (Å²) in [5.41, 5.74) is -0.114. The first kappa shape index (κ1) is 17.4. The molecule has 1 amide bonds. The molecule has 118 valence electrons. The normalized spacial score (nSPS) is 11.2. The molecule has 5 nitrogen and oxygen atoms in total. The van der Waals surface area contributed by atoms with Gasteiger partial charge in [-0.05, 0) is 18.6 Å². The van der Waals surface area contributed by atoms with Gasteiger partial charge in [0.15, 0.2) is 0 Å². The van der Waals surface area contributed by atoms with E-state index in [0.717, 1.165) is 23.4 Å². The summed E-state index contributed by atoms with van der Waals surface area (Å²) in [4.78, 5) is 13.5. The quantitative estimate of drug-likeness (QED) is 0.771. The van der Waals surface area contributed by atoms with Crippen LogP contribution >= 0.6 is 0 Å². The Hall–Kier alpha value is -1.63. The minimum Gasteiger partial charge on any atom is -0.344 e. The van der Waals surface area contributed by atoms with Gasteiger partial charge in [-0.2, -0.15) is 0 Å². The fourth-order valence-electron chi connectivity index (χ4n) is 1.80. The Morgan fingerprint density at radius 2 is 1.90 bits per heavy atom. The molecule has 0 unspecified atom stereocenters. The second kappa shape index (κ2) is 7.40. The van der Waals surface area contributed by atoms with Gasteiger partial charge < -0.3 is 4.90 Å². The van der Waals surface area contributed by atoms with Gasteiger partial charge in [0.05, 0.1) is 11.9 Å². The third kappa shape index (κ3) is 5.00. The highest BCUT2D eigenvalue weighted by Crippen LogP contribution is 2.21. The highest BCUT2D eigenvalue weighted by atomic mass is 32.2. The first-order valence-electron chi connectivity index (χ1n) is 6.73. The molecule has 0 aliphatic carbocycles. The zero-order chi connectivity index (χ0) is 16.0. The summed E-state index contributed by atoms with van der Waals surface area (Å²) >= 11 is 0. The summed E-state index contributed by atoms with van der Waals surface area (Å²) in [6.45, 7) is 2.14. The Balaban J connectivity index is 2.97. The number of likely N-dealkylation sites (N-methyl/N-ethyl adjacent to an activating group) is 1. The third-order valence-corrected chi connectivity index (χ3v) is 4.20. The van der Waals surface area contributed by atoms with Gasteiger partial charge in [0.1, 0.15) is 12.4 Å². The van der Waals surface area contributed by atoms with Crippen molar-refractivity contribution in [2.24, 2.45) is 0 Å². The van der Waals surface area contributed by atoms with Gasteiger partial charge in [0.2, 0.25) is 15.9 Å². The number of hydrogen-bond acceptors (Lipinski definition) is 3. The molecule has 0 saturated heterocycles. The number of benzene rings is 1. The van der Waals surface area contributed by atoms with Crippen LogP contribution in [-0.4, -0.2) is 45.6 Å². The van der Waals surface area contributed by atoms with Crippen LogP contribution in [0.15, 0.2) is 24.3 Å². The molecule has 0 heterocycles. The van der Waals surface area contributed by atoms with E-state index in [1.165, 1.54) is 29.2 Å². The minimum atomic E-state index is -3.74. The van der Waals surface area contributed by atoms with E-state index in [-0.39, 0.29) is 11.6 Å². The first-order chi connectivity index (χ1) is 9.77. The molecule has 0 atom stereocenters. The lowest BCUT2D eigenvalue weighted by atomic mass is 10.3. The molecule has 0 spiro atoms. The average molecular weight is 316 g/mol. The van der Waals surface area contributed by atoms with E-state index in [1.54, 1.807) is 7.05 Å². The number of halogens is 1. The molecule has 0 radical (unpaired) electrons. The van der Waals surface area contributed by atoms with Gasteiger partial charge in [-0.3, -0.25) is 9.10 Å². The van der Waals surface area contributed by atoms with Crippen molar-refractivity contribution in [2.45, 2.75) is 19.8 Å². The number of amides is 1. The molecule has 7 heteroatoms. The van der Waals surface area contributed by atoms with Crippen LogP contribution in [0.2, 0.25) is 0 Å². The molecule has 0 aromatic heterocycles. The molecular formula is C14H21FN2O3S. The number of carbonyl (C=O) groups is 1. The summed E-state index contributed by atoms with van der Waals surface area (Å²) < 4.78 is 38.3. The van der Waals surface area contributed by atoms with E-state index in [2.05, 4.69) is 0 Å². The summed E-state index contributed by atoms with van der Waals surface area (Å²) in [7, 11) is -2.13. The maximum Gasteiger partial charge on any atom is 0.243 e. The predicted octanol–water partition coefficient (Wildman–Crippen LogP) is 1.85. The van der Waals surface area contributed by atoms with Crippen LogP contribution in [0.5, 0.6) is 0 Å². The standard InChI is InChI=1S/C14H21FN2O3S/c1-4-5-10-16(2)14(18)11-17(21(3,19)20)13-9-7-6-8-12(13)15/h6-9H,4-5,10-11H2,1-3H3. The Labute approximate surface area is 125 Å². The van der Waals surface area contributed by atoms with E-state index in [0.29, 0.717) is 6.54 Å². The van der Waals surface area contributed by atoms with Crippen molar-refractivity contribution in [3.63, 3.8) is 0 Å². The van der Waals surface area contributed by atoms with Crippen molar-refractivity contribution < 1.29 is 17.6 Å². The number of rotatable bonds is 7. The molecule has 0 aliphatic rings. The molecule has 0 N–H and O–H groups in total. The lowest BCUT2D eigenvalue weighted by Gasteiger charge is -2.25. The maximum atomic E-state index is 13.8. The highest BCUT2D eigenvalue weighted by Gasteiger charge is 2.24. The van der Waals surface area contributed by atoms with E-state index < -0.39 is 22.4 Å². The Kier molecular flexibility index (Phi) is 6.14. The van der Waals surface area contributed by atoms with Crippen LogP contribution < -0.4 is 4.31 Å².